The Morgan fingerprint density at radius 1 is 1.47 bits per heavy atom. The molecule has 0 aliphatic heterocycles. The molecule has 0 bridgehead atoms. The molecule has 0 unspecified atom stereocenters. The Morgan fingerprint density at radius 2 is 2.18 bits per heavy atom. The van der Waals surface area contributed by atoms with E-state index in [4.69, 9.17) is 9.15 Å². The summed E-state index contributed by atoms with van der Waals surface area (Å²) >= 11 is 0. The normalized spacial score (nSPS) is 11.7. The maximum atomic E-state index is 11.8. The van der Waals surface area contributed by atoms with E-state index in [0.29, 0.717) is 0 Å². The van der Waals surface area contributed by atoms with Crippen LogP contribution in [0.4, 0.5) is 4.79 Å². The number of fused-ring (bicyclic) bond motifs is 1. The molecule has 90 valence electrons. The van der Waals surface area contributed by atoms with E-state index in [2.05, 4.69) is 4.98 Å². The molecule has 0 aliphatic carbocycles. The minimum Gasteiger partial charge on any atom is -0.443 e. The number of ether oxygens (including phenoxy) is 1. The van der Waals surface area contributed by atoms with E-state index >= 15 is 0 Å². The summed E-state index contributed by atoms with van der Waals surface area (Å²) in [6.07, 6.45) is 0.679. The summed E-state index contributed by atoms with van der Waals surface area (Å²) in [7, 11) is 0. The largest absolute Gasteiger partial charge is 0.443 e. The first-order valence-electron chi connectivity index (χ1n) is 5.08. The van der Waals surface area contributed by atoms with E-state index in [-0.39, 0.29) is 11.2 Å². The molecule has 6 nitrogen and oxygen atoms in total. The van der Waals surface area contributed by atoms with Crippen molar-refractivity contribution in [1.29, 1.82) is 0 Å². The Hall–Kier alpha value is -2.11. The lowest BCUT2D eigenvalue weighted by atomic mass is 10.2. The third-order valence-corrected chi connectivity index (χ3v) is 1.92. The third-order valence-electron chi connectivity index (χ3n) is 1.92. The SMILES string of the molecule is CC(C)(C)OC(=O)n1c(=O)oc2cccnc21. The van der Waals surface area contributed by atoms with E-state index in [1.54, 1.807) is 32.9 Å². The Labute approximate surface area is 96.8 Å². The highest BCUT2D eigenvalue weighted by Gasteiger charge is 2.23. The van der Waals surface area contributed by atoms with Gasteiger partial charge in [0, 0.05) is 6.20 Å². The van der Waals surface area contributed by atoms with Gasteiger partial charge in [-0.1, -0.05) is 0 Å². The van der Waals surface area contributed by atoms with Crippen LogP contribution < -0.4 is 5.76 Å². The predicted molar refractivity (Wildman–Crippen MR) is 59.9 cm³/mol. The molecule has 0 radical (unpaired) electrons. The van der Waals surface area contributed by atoms with Gasteiger partial charge in [-0.25, -0.2) is 14.6 Å². The quantitative estimate of drug-likeness (QED) is 0.696. The number of rotatable bonds is 0. The Balaban J connectivity index is 2.52. The van der Waals surface area contributed by atoms with Gasteiger partial charge in [0.2, 0.25) is 0 Å². The van der Waals surface area contributed by atoms with Crippen molar-refractivity contribution >= 4 is 17.3 Å². The lowest BCUT2D eigenvalue weighted by molar-refractivity contribution is 0.0531. The first-order chi connectivity index (χ1) is 7.88. The molecule has 6 heteroatoms. The Bertz CT molecular complexity index is 618. The summed E-state index contributed by atoms with van der Waals surface area (Å²) in [6, 6.07) is 3.18. The van der Waals surface area contributed by atoms with Gasteiger partial charge in [0.1, 0.15) is 5.60 Å². The van der Waals surface area contributed by atoms with Gasteiger partial charge in [0.05, 0.1) is 0 Å². The van der Waals surface area contributed by atoms with Crippen LogP contribution in [0.1, 0.15) is 20.8 Å². The van der Waals surface area contributed by atoms with Crippen molar-refractivity contribution in [1.82, 2.24) is 9.55 Å². The lowest BCUT2D eigenvalue weighted by Gasteiger charge is -2.18. The van der Waals surface area contributed by atoms with Crippen LogP contribution in [-0.2, 0) is 4.74 Å². The van der Waals surface area contributed by atoms with Crippen molar-refractivity contribution in [3.8, 4) is 0 Å². The van der Waals surface area contributed by atoms with Gasteiger partial charge in [-0.3, -0.25) is 0 Å². The lowest BCUT2D eigenvalue weighted by Crippen LogP contribution is -2.31. The summed E-state index contributed by atoms with van der Waals surface area (Å²) in [5.74, 6) is -0.798. The number of hydrogen-bond donors (Lipinski definition) is 0. The highest BCUT2D eigenvalue weighted by molar-refractivity contribution is 5.82. The van der Waals surface area contributed by atoms with Crippen molar-refractivity contribution in [2.75, 3.05) is 0 Å². The average Bonchev–Trinajstić information content (AvgIpc) is 2.50. The van der Waals surface area contributed by atoms with Crippen molar-refractivity contribution < 1.29 is 13.9 Å². The monoisotopic (exact) mass is 236 g/mol. The van der Waals surface area contributed by atoms with Crippen LogP contribution in [-0.4, -0.2) is 21.2 Å². The van der Waals surface area contributed by atoms with Crippen LogP contribution in [0.2, 0.25) is 0 Å². The van der Waals surface area contributed by atoms with E-state index in [9.17, 15) is 9.59 Å². The van der Waals surface area contributed by atoms with E-state index in [0.717, 1.165) is 4.57 Å². The van der Waals surface area contributed by atoms with Crippen LogP contribution in [0.15, 0.2) is 27.5 Å². The molecule has 2 heterocycles. The van der Waals surface area contributed by atoms with Crippen molar-refractivity contribution in [3.63, 3.8) is 0 Å². The zero-order valence-corrected chi connectivity index (χ0v) is 9.76. The van der Waals surface area contributed by atoms with Crippen molar-refractivity contribution in [3.05, 3.63) is 28.9 Å². The molecule has 0 fully saturated rings. The second kappa shape index (κ2) is 3.73. The predicted octanol–water partition coefficient (Wildman–Crippen LogP) is 1.77. The maximum absolute atomic E-state index is 11.8. The van der Waals surface area contributed by atoms with Gasteiger partial charge in [0.25, 0.3) is 0 Å². The summed E-state index contributed by atoms with van der Waals surface area (Å²) in [6.45, 7) is 5.14. The zero-order chi connectivity index (χ0) is 12.6. The second-order valence-corrected chi connectivity index (χ2v) is 4.51. The number of carbonyl (C=O) groups excluding carboxylic acids is 1. The van der Waals surface area contributed by atoms with Crippen LogP contribution >= 0.6 is 0 Å². The molecule has 0 aromatic carbocycles. The van der Waals surface area contributed by atoms with Gasteiger partial charge in [-0.2, -0.15) is 4.57 Å². The first-order valence-corrected chi connectivity index (χ1v) is 5.08. The molecule has 2 aromatic heterocycles. The number of carbonyl (C=O) groups is 1. The molecule has 0 aliphatic rings. The minimum absolute atomic E-state index is 0.159. The topological polar surface area (TPSA) is 74.3 Å². The molecule has 0 amide bonds. The van der Waals surface area contributed by atoms with E-state index in [1.165, 1.54) is 6.20 Å². The highest BCUT2D eigenvalue weighted by atomic mass is 16.6. The minimum atomic E-state index is -0.798. The smallest absolute Gasteiger partial charge is 0.431 e. The van der Waals surface area contributed by atoms with Crippen molar-refractivity contribution in [2.45, 2.75) is 26.4 Å². The van der Waals surface area contributed by atoms with Gasteiger partial charge in [0.15, 0.2) is 11.2 Å². The molecule has 0 saturated carbocycles. The van der Waals surface area contributed by atoms with Crippen LogP contribution in [0, 0.1) is 0 Å². The molecule has 2 aromatic rings. The molecule has 2 rings (SSSR count). The number of nitrogens with zero attached hydrogens (tertiary/aromatic N) is 2. The van der Waals surface area contributed by atoms with Crippen LogP contribution in [0.5, 0.6) is 0 Å². The van der Waals surface area contributed by atoms with Crippen LogP contribution in [0.3, 0.4) is 0 Å². The fraction of sp³-hybridized carbons (Fsp3) is 0.364. The summed E-state index contributed by atoms with van der Waals surface area (Å²) in [4.78, 5) is 27.2. The zero-order valence-electron chi connectivity index (χ0n) is 9.76. The van der Waals surface area contributed by atoms with E-state index < -0.39 is 17.5 Å². The Morgan fingerprint density at radius 3 is 2.82 bits per heavy atom. The summed E-state index contributed by atoms with van der Waals surface area (Å²) in [5.41, 5.74) is -0.273. The highest BCUT2D eigenvalue weighted by Crippen LogP contribution is 2.12. The Kier molecular flexibility index (Phi) is 2.49. The van der Waals surface area contributed by atoms with Crippen molar-refractivity contribution in [2.24, 2.45) is 0 Å². The molecular weight excluding hydrogens is 224 g/mol. The third kappa shape index (κ3) is 2.20. The molecule has 0 N–H and O–H groups in total. The van der Waals surface area contributed by atoms with E-state index in [1.807, 2.05) is 0 Å². The van der Waals surface area contributed by atoms with Crippen LogP contribution in [0.25, 0.3) is 11.2 Å². The average molecular weight is 236 g/mol. The first kappa shape index (κ1) is 11.4. The molecule has 17 heavy (non-hydrogen) atoms. The number of hydrogen-bond acceptors (Lipinski definition) is 5. The number of aromatic nitrogens is 2. The summed E-state index contributed by atoms with van der Waals surface area (Å²) < 4.78 is 10.8. The molecule has 0 saturated heterocycles. The fourth-order valence-corrected chi connectivity index (χ4v) is 1.32. The summed E-state index contributed by atoms with van der Waals surface area (Å²) in [5, 5.41) is 0. The maximum Gasteiger partial charge on any atom is 0.431 e. The van der Waals surface area contributed by atoms with Gasteiger partial charge in [-0.15, -0.1) is 0 Å². The number of oxazole rings is 1. The standard InChI is InChI=1S/C11H12N2O4/c1-11(2,3)17-10(15)13-8-7(16-9(13)14)5-4-6-12-8/h4-6H,1-3H3. The molecule has 0 spiro atoms. The van der Waals surface area contributed by atoms with Gasteiger partial charge in [-0.05, 0) is 32.9 Å². The molecular formula is C11H12N2O4. The number of pyridine rings is 1. The van der Waals surface area contributed by atoms with Gasteiger partial charge >= 0.3 is 11.8 Å². The van der Waals surface area contributed by atoms with Gasteiger partial charge < -0.3 is 9.15 Å². The second-order valence-electron chi connectivity index (χ2n) is 4.51. The fourth-order valence-electron chi connectivity index (χ4n) is 1.32. The molecule has 0 atom stereocenters.